The van der Waals surface area contributed by atoms with Crippen LogP contribution in [0.3, 0.4) is 0 Å². The van der Waals surface area contributed by atoms with Crippen molar-refractivity contribution < 1.29 is 13.7 Å². The molecule has 0 bridgehead atoms. The zero-order valence-electron chi connectivity index (χ0n) is 17.9. The lowest BCUT2D eigenvalue weighted by molar-refractivity contribution is 0.102. The molecule has 160 valence electrons. The fraction of sp³-hybridized carbons (Fsp3) is 0.167. The third-order valence-electron chi connectivity index (χ3n) is 5.27. The molecule has 0 fully saturated rings. The van der Waals surface area contributed by atoms with Gasteiger partial charge < -0.3 is 14.3 Å². The van der Waals surface area contributed by atoms with Crippen molar-refractivity contribution in [1.29, 1.82) is 0 Å². The van der Waals surface area contributed by atoms with Gasteiger partial charge in [0, 0.05) is 23.6 Å². The summed E-state index contributed by atoms with van der Waals surface area (Å²) in [6, 6.07) is 13.2. The Morgan fingerprint density at radius 3 is 2.75 bits per heavy atom. The molecule has 0 radical (unpaired) electrons. The molecule has 5 rings (SSSR count). The molecule has 0 saturated carbocycles. The van der Waals surface area contributed by atoms with Crippen LogP contribution in [0.4, 0.5) is 5.69 Å². The number of hydrogen-bond donors (Lipinski definition) is 1. The second-order valence-electron chi connectivity index (χ2n) is 7.69. The summed E-state index contributed by atoms with van der Waals surface area (Å²) in [4.78, 5) is 17.9. The number of benzene rings is 1. The van der Waals surface area contributed by atoms with Crippen LogP contribution >= 0.6 is 0 Å². The Labute approximate surface area is 183 Å². The first-order valence-electron chi connectivity index (χ1n) is 10.2. The van der Waals surface area contributed by atoms with E-state index in [0.717, 1.165) is 22.6 Å². The number of aromatic nitrogens is 4. The Balaban J connectivity index is 1.50. The topological polar surface area (TPSA) is 99.0 Å². The van der Waals surface area contributed by atoms with E-state index in [1.165, 1.54) is 0 Å². The SMILES string of the molecule is Cc1cc(-c2cc(C(=O)Nc3cccc(Cn4cccn4)c3)c3c(C)noc3n2)c(C)o1. The second kappa shape index (κ2) is 7.81. The number of nitrogens with zero attached hydrogens (tertiary/aromatic N) is 4. The summed E-state index contributed by atoms with van der Waals surface area (Å²) in [5.41, 5.74) is 4.50. The van der Waals surface area contributed by atoms with Gasteiger partial charge in [0.05, 0.1) is 28.9 Å². The van der Waals surface area contributed by atoms with Crippen LogP contribution in [-0.4, -0.2) is 25.8 Å². The van der Waals surface area contributed by atoms with Gasteiger partial charge in [0.1, 0.15) is 11.5 Å². The van der Waals surface area contributed by atoms with Crippen LogP contribution in [0.1, 0.15) is 33.1 Å². The molecule has 0 aliphatic heterocycles. The minimum absolute atomic E-state index is 0.265. The molecule has 0 saturated heterocycles. The van der Waals surface area contributed by atoms with Crippen molar-refractivity contribution in [3.05, 3.63) is 83.2 Å². The Bertz CT molecular complexity index is 1430. The lowest BCUT2D eigenvalue weighted by Crippen LogP contribution is -2.13. The maximum absolute atomic E-state index is 13.3. The largest absolute Gasteiger partial charge is 0.466 e. The average molecular weight is 427 g/mol. The second-order valence-corrected chi connectivity index (χ2v) is 7.69. The van der Waals surface area contributed by atoms with Crippen LogP contribution in [0, 0.1) is 20.8 Å². The highest BCUT2D eigenvalue weighted by atomic mass is 16.5. The Morgan fingerprint density at radius 2 is 2.00 bits per heavy atom. The first kappa shape index (κ1) is 19.7. The molecule has 1 N–H and O–H groups in total. The number of furan rings is 1. The van der Waals surface area contributed by atoms with Crippen LogP contribution < -0.4 is 5.32 Å². The molecule has 5 aromatic rings. The zero-order chi connectivity index (χ0) is 22.2. The van der Waals surface area contributed by atoms with Crippen LogP contribution in [0.2, 0.25) is 0 Å². The van der Waals surface area contributed by atoms with Gasteiger partial charge in [0.15, 0.2) is 0 Å². The summed E-state index contributed by atoms with van der Waals surface area (Å²) in [5.74, 6) is 1.23. The van der Waals surface area contributed by atoms with Crippen molar-refractivity contribution in [1.82, 2.24) is 19.9 Å². The standard InChI is InChI=1S/C24H21N5O3/c1-14-10-19(16(3)31-14)21-12-20(22-15(2)28-32-24(22)27-21)23(30)26-18-7-4-6-17(11-18)13-29-9-5-8-25-29/h4-12H,13H2,1-3H3,(H,26,30). The van der Waals surface area contributed by atoms with E-state index < -0.39 is 0 Å². The van der Waals surface area contributed by atoms with E-state index in [-0.39, 0.29) is 5.91 Å². The molecular formula is C24H21N5O3. The monoisotopic (exact) mass is 427 g/mol. The number of carbonyl (C=O) groups excluding carboxylic acids is 1. The summed E-state index contributed by atoms with van der Waals surface area (Å²) in [7, 11) is 0. The van der Waals surface area contributed by atoms with E-state index >= 15 is 0 Å². The zero-order valence-corrected chi connectivity index (χ0v) is 17.9. The minimum Gasteiger partial charge on any atom is -0.466 e. The molecule has 0 aliphatic rings. The fourth-order valence-corrected chi connectivity index (χ4v) is 3.82. The number of hydrogen-bond acceptors (Lipinski definition) is 6. The van der Waals surface area contributed by atoms with E-state index in [0.29, 0.717) is 40.3 Å². The number of amides is 1. The van der Waals surface area contributed by atoms with Crippen molar-refractivity contribution in [2.45, 2.75) is 27.3 Å². The maximum atomic E-state index is 13.3. The number of fused-ring (bicyclic) bond motifs is 1. The number of rotatable bonds is 5. The van der Waals surface area contributed by atoms with Gasteiger partial charge in [0.2, 0.25) is 0 Å². The predicted molar refractivity (Wildman–Crippen MR) is 119 cm³/mol. The van der Waals surface area contributed by atoms with E-state index in [1.807, 2.05) is 61.1 Å². The van der Waals surface area contributed by atoms with Crippen molar-refractivity contribution in [3.8, 4) is 11.3 Å². The molecule has 4 heterocycles. The molecule has 0 unspecified atom stereocenters. The van der Waals surface area contributed by atoms with Crippen LogP contribution in [0.15, 0.2) is 63.8 Å². The van der Waals surface area contributed by atoms with Gasteiger partial charge in [-0.1, -0.05) is 17.3 Å². The smallest absolute Gasteiger partial charge is 0.259 e. The Kier molecular flexibility index (Phi) is 4.82. The van der Waals surface area contributed by atoms with Gasteiger partial charge in [-0.3, -0.25) is 9.48 Å². The first-order chi connectivity index (χ1) is 15.5. The highest BCUT2D eigenvalue weighted by Gasteiger charge is 2.21. The highest BCUT2D eigenvalue weighted by molar-refractivity contribution is 6.13. The van der Waals surface area contributed by atoms with Crippen LogP contribution in [0.5, 0.6) is 0 Å². The molecule has 4 aromatic heterocycles. The minimum atomic E-state index is -0.265. The van der Waals surface area contributed by atoms with Gasteiger partial charge >= 0.3 is 0 Å². The lowest BCUT2D eigenvalue weighted by Gasteiger charge is -2.10. The summed E-state index contributed by atoms with van der Waals surface area (Å²) in [6.45, 7) is 6.15. The lowest BCUT2D eigenvalue weighted by atomic mass is 10.1. The van der Waals surface area contributed by atoms with Crippen molar-refractivity contribution in [3.63, 3.8) is 0 Å². The molecule has 8 heteroatoms. The van der Waals surface area contributed by atoms with E-state index in [2.05, 4.69) is 20.6 Å². The number of aryl methyl sites for hydroxylation is 3. The van der Waals surface area contributed by atoms with Gasteiger partial charge in [0.25, 0.3) is 11.6 Å². The summed E-state index contributed by atoms with van der Waals surface area (Å²) in [5, 5.41) is 11.8. The van der Waals surface area contributed by atoms with Gasteiger partial charge in [-0.25, -0.2) is 4.98 Å². The predicted octanol–water partition coefficient (Wildman–Crippen LogP) is 4.91. The molecule has 8 nitrogen and oxygen atoms in total. The number of carbonyl (C=O) groups is 1. The summed E-state index contributed by atoms with van der Waals surface area (Å²) in [6.07, 6.45) is 3.64. The number of nitrogens with one attached hydrogen (secondary N) is 1. The molecule has 32 heavy (non-hydrogen) atoms. The maximum Gasteiger partial charge on any atom is 0.259 e. The first-order valence-corrected chi connectivity index (χ1v) is 10.2. The van der Waals surface area contributed by atoms with E-state index in [4.69, 9.17) is 8.94 Å². The van der Waals surface area contributed by atoms with Crippen molar-refractivity contribution in [2.24, 2.45) is 0 Å². The van der Waals surface area contributed by atoms with Crippen molar-refractivity contribution >= 4 is 22.7 Å². The third kappa shape index (κ3) is 3.66. The van der Waals surface area contributed by atoms with Crippen molar-refractivity contribution in [2.75, 3.05) is 5.32 Å². The average Bonchev–Trinajstić information content (AvgIpc) is 3.49. The molecule has 1 aromatic carbocycles. The fourth-order valence-electron chi connectivity index (χ4n) is 3.82. The van der Waals surface area contributed by atoms with Crippen LogP contribution in [0.25, 0.3) is 22.4 Å². The van der Waals surface area contributed by atoms with Gasteiger partial charge in [-0.2, -0.15) is 5.10 Å². The summed E-state index contributed by atoms with van der Waals surface area (Å²) >= 11 is 0. The summed E-state index contributed by atoms with van der Waals surface area (Å²) < 4.78 is 12.9. The molecular weight excluding hydrogens is 406 g/mol. The van der Waals surface area contributed by atoms with E-state index in [1.54, 1.807) is 19.2 Å². The Morgan fingerprint density at radius 1 is 1.12 bits per heavy atom. The third-order valence-corrected chi connectivity index (χ3v) is 5.27. The number of pyridine rings is 1. The molecule has 0 spiro atoms. The van der Waals surface area contributed by atoms with E-state index in [9.17, 15) is 4.79 Å². The quantitative estimate of drug-likeness (QED) is 0.428. The van der Waals surface area contributed by atoms with Crippen LogP contribution in [-0.2, 0) is 6.54 Å². The number of anilines is 1. The molecule has 1 amide bonds. The highest BCUT2D eigenvalue weighted by Crippen LogP contribution is 2.31. The normalized spacial score (nSPS) is 11.2. The Hall–Kier alpha value is -4.20. The van der Waals surface area contributed by atoms with Gasteiger partial charge in [-0.05, 0) is 56.7 Å². The molecule has 0 atom stereocenters. The van der Waals surface area contributed by atoms with Gasteiger partial charge in [-0.15, -0.1) is 0 Å². The molecule has 0 aliphatic carbocycles.